The molecule has 3 heterocycles. The van der Waals surface area contributed by atoms with Crippen LogP contribution < -0.4 is 0 Å². The van der Waals surface area contributed by atoms with Crippen molar-refractivity contribution in [3.8, 4) is 0 Å². The van der Waals surface area contributed by atoms with Crippen molar-refractivity contribution in [2.24, 2.45) is 0 Å². The first-order chi connectivity index (χ1) is 15.3. The molecule has 4 rings (SSSR count). The molecular weight excluding hydrogens is 418 g/mol. The van der Waals surface area contributed by atoms with Crippen LogP contribution in [-0.2, 0) is 35.0 Å². The summed E-state index contributed by atoms with van der Waals surface area (Å²) in [6.45, 7) is 7.19. The van der Waals surface area contributed by atoms with Gasteiger partial charge < -0.3 is 23.7 Å². The van der Waals surface area contributed by atoms with Gasteiger partial charge in [0.2, 0.25) is 0 Å². The third-order valence-electron chi connectivity index (χ3n) is 5.28. The maximum Gasteiger partial charge on any atom is 0.358 e. The quantitative estimate of drug-likeness (QED) is 0.591. The molecule has 10 nitrogen and oxygen atoms in total. The van der Waals surface area contributed by atoms with E-state index in [9.17, 15) is 9.59 Å². The second-order valence-electron chi connectivity index (χ2n) is 8.15. The average Bonchev–Trinajstić information content (AvgIpc) is 3.38. The molecule has 2 fully saturated rings. The van der Waals surface area contributed by atoms with Crippen LogP contribution in [0.25, 0.3) is 0 Å². The van der Waals surface area contributed by atoms with Crippen molar-refractivity contribution in [2.45, 2.75) is 64.4 Å². The van der Waals surface area contributed by atoms with Crippen molar-refractivity contribution < 1.29 is 33.3 Å². The van der Waals surface area contributed by atoms with Crippen molar-refractivity contribution in [3.63, 3.8) is 0 Å². The summed E-state index contributed by atoms with van der Waals surface area (Å²) in [7, 11) is 0. The van der Waals surface area contributed by atoms with Crippen LogP contribution in [0, 0.1) is 0 Å². The van der Waals surface area contributed by atoms with Crippen LogP contribution in [0.15, 0.2) is 30.3 Å². The highest BCUT2D eigenvalue weighted by atomic mass is 16.8. The van der Waals surface area contributed by atoms with Crippen molar-refractivity contribution >= 4 is 11.9 Å². The van der Waals surface area contributed by atoms with Gasteiger partial charge in [0.05, 0.1) is 13.2 Å². The fourth-order valence-electron chi connectivity index (χ4n) is 4.03. The molecule has 10 heteroatoms. The Kier molecular flexibility index (Phi) is 6.27. The molecule has 2 aromatic rings. The first-order valence-corrected chi connectivity index (χ1v) is 10.6. The van der Waals surface area contributed by atoms with E-state index in [1.165, 1.54) is 11.6 Å². The SMILES string of the molecule is CCOC(=O)c1c([C@@H]2O[C@H](COC(C)=O)[C@H]3OC(C)(C)O[C@H]32)nnn1Cc1ccccc1. The molecule has 0 unspecified atom stereocenters. The first kappa shape index (κ1) is 22.4. The van der Waals surface area contributed by atoms with Gasteiger partial charge in [0.1, 0.15) is 36.7 Å². The molecule has 2 aliphatic rings. The lowest BCUT2D eigenvalue weighted by Gasteiger charge is -2.23. The van der Waals surface area contributed by atoms with Gasteiger partial charge in [-0.2, -0.15) is 0 Å². The zero-order valence-electron chi connectivity index (χ0n) is 18.5. The van der Waals surface area contributed by atoms with Gasteiger partial charge in [-0.1, -0.05) is 35.5 Å². The lowest BCUT2D eigenvalue weighted by atomic mass is 10.0. The molecule has 0 spiro atoms. The lowest BCUT2D eigenvalue weighted by molar-refractivity contribution is -0.194. The number of ether oxygens (including phenoxy) is 5. The summed E-state index contributed by atoms with van der Waals surface area (Å²) in [5.41, 5.74) is 1.45. The van der Waals surface area contributed by atoms with Gasteiger partial charge in [-0.15, -0.1) is 5.10 Å². The molecule has 0 aliphatic carbocycles. The van der Waals surface area contributed by atoms with Crippen LogP contribution >= 0.6 is 0 Å². The number of hydrogen-bond donors (Lipinski definition) is 0. The molecular formula is C22H27N3O7. The summed E-state index contributed by atoms with van der Waals surface area (Å²) in [5.74, 6) is -1.84. The van der Waals surface area contributed by atoms with Crippen molar-refractivity contribution in [1.82, 2.24) is 15.0 Å². The van der Waals surface area contributed by atoms with Crippen molar-refractivity contribution in [2.75, 3.05) is 13.2 Å². The van der Waals surface area contributed by atoms with Gasteiger partial charge >= 0.3 is 11.9 Å². The minimum Gasteiger partial charge on any atom is -0.463 e. The van der Waals surface area contributed by atoms with Crippen LogP contribution in [0.5, 0.6) is 0 Å². The van der Waals surface area contributed by atoms with Crippen molar-refractivity contribution in [1.29, 1.82) is 0 Å². The number of nitrogens with zero attached hydrogens (tertiary/aromatic N) is 3. The molecule has 0 radical (unpaired) electrons. The van der Waals surface area contributed by atoms with Crippen molar-refractivity contribution in [3.05, 3.63) is 47.3 Å². The average molecular weight is 445 g/mol. The maximum atomic E-state index is 12.9. The van der Waals surface area contributed by atoms with E-state index in [0.717, 1.165) is 5.56 Å². The highest BCUT2D eigenvalue weighted by Crippen LogP contribution is 2.45. The van der Waals surface area contributed by atoms with Crippen LogP contribution in [0.4, 0.5) is 0 Å². The molecule has 32 heavy (non-hydrogen) atoms. The van der Waals surface area contributed by atoms with E-state index in [4.69, 9.17) is 23.7 Å². The van der Waals surface area contributed by atoms with Gasteiger partial charge in [-0.25, -0.2) is 9.48 Å². The fraction of sp³-hybridized carbons (Fsp3) is 0.545. The van der Waals surface area contributed by atoms with E-state index < -0.39 is 42.1 Å². The van der Waals surface area contributed by atoms with Crippen LogP contribution in [-0.4, -0.2) is 64.2 Å². The van der Waals surface area contributed by atoms with Crippen LogP contribution in [0.1, 0.15) is 55.5 Å². The predicted octanol–water partition coefficient (Wildman–Crippen LogP) is 2.03. The number of carbonyl (C=O) groups is 2. The zero-order valence-corrected chi connectivity index (χ0v) is 18.5. The smallest absolute Gasteiger partial charge is 0.358 e. The summed E-state index contributed by atoms with van der Waals surface area (Å²) in [4.78, 5) is 24.2. The predicted molar refractivity (Wildman–Crippen MR) is 110 cm³/mol. The number of carbonyl (C=O) groups excluding carboxylic acids is 2. The molecule has 0 saturated carbocycles. The standard InChI is InChI=1S/C22H27N3O7/c1-5-28-21(27)17-16(23-24-25(17)11-14-9-7-6-8-10-14)19-20-18(31-22(3,4)32-20)15(30-19)12-29-13(2)26/h6-10,15,18-20H,5,11-12H2,1-4H3/t15-,18-,19+,20-/m1/s1. The summed E-state index contributed by atoms with van der Waals surface area (Å²) in [5, 5.41) is 8.49. The minimum atomic E-state index is -0.865. The van der Waals surface area contributed by atoms with Gasteiger partial charge in [0.25, 0.3) is 0 Å². The number of hydrogen-bond acceptors (Lipinski definition) is 9. The second-order valence-corrected chi connectivity index (χ2v) is 8.15. The normalized spacial score (nSPS) is 26.0. The summed E-state index contributed by atoms with van der Waals surface area (Å²) >= 11 is 0. The summed E-state index contributed by atoms with van der Waals surface area (Å²) < 4.78 is 30.2. The largest absolute Gasteiger partial charge is 0.463 e. The summed E-state index contributed by atoms with van der Waals surface area (Å²) in [6, 6.07) is 9.60. The molecule has 0 N–H and O–H groups in total. The molecule has 0 amide bonds. The molecule has 4 atom stereocenters. The second kappa shape index (κ2) is 8.97. The van der Waals surface area contributed by atoms with E-state index >= 15 is 0 Å². The number of benzene rings is 1. The number of fused-ring (bicyclic) bond motifs is 1. The van der Waals surface area contributed by atoms with Gasteiger partial charge in [-0.05, 0) is 26.3 Å². The van der Waals surface area contributed by atoms with E-state index in [1.54, 1.807) is 20.8 Å². The molecule has 2 saturated heterocycles. The van der Waals surface area contributed by atoms with E-state index in [-0.39, 0.29) is 18.9 Å². The molecule has 172 valence electrons. The number of aromatic nitrogens is 3. The highest BCUT2D eigenvalue weighted by Gasteiger charge is 2.57. The monoisotopic (exact) mass is 445 g/mol. The Hall–Kier alpha value is -2.82. The molecule has 0 bridgehead atoms. The van der Waals surface area contributed by atoms with E-state index in [1.807, 2.05) is 30.3 Å². The van der Waals surface area contributed by atoms with E-state index in [0.29, 0.717) is 12.2 Å². The number of rotatable bonds is 7. The van der Waals surface area contributed by atoms with Crippen LogP contribution in [0.2, 0.25) is 0 Å². The molecule has 1 aromatic heterocycles. The number of esters is 2. The van der Waals surface area contributed by atoms with Crippen LogP contribution in [0.3, 0.4) is 0 Å². The zero-order chi connectivity index (χ0) is 22.9. The Morgan fingerprint density at radius 2 is 1.84 bits per heavy atom. The first-order valence-electron chi connectivity index (χ1n) is 10.6. The Balaban J connectivity index is 1.68. The topological polar surface area (TPSA) is 111 Å². The Labute approximate surface area is 185 Å². The molecule has 1 aromatic carbocycles. The Bertz CT molecular complexity index is 975. The van der Waals surface area contributed by atoms with Gasteiger partial charge in [0.15, 0.2) is 11.5 Å². The van der Waals surface area contributed by atoms with E-state index in [2.05, 4.69) is 10.3 Å². The Morgan fingerprint density at radius 3 is 2.53 bits per heavy atom. The maximum absolute atomic E-state index is 12.9. The fourth-order valence-corrected chi connectivity index (χ4v) is 4.03. The summed E-state index contributed by atoms with van der Waals surface area (Å²) in [6.07, 6.45) is -2.37. The lowest BCUT2D eigenvalue weighted by Crippen LogP contribution is -2.33. The van der Waals surface area contributed by atoms with Gasteiger partial charge in [0, 0.05) is 6.92 Å². The third-order valence-corrected chi connectivity index (χ3v) is 5.28. The Morgan fingerprint density at radius 1 is 1.12 bits per heavy atom. The molecule has 2 aliphatic heterocycles. The minimum absolute atomic E-state index is 0.000662. The third kappa shape index (κ3) is 4.52. The highest BCUT2D eigenvalue weighted by molar-refractivity contribution is 5.89. The van der Waals surface area contributed by atoms with Gasteiger partial charge in [-0.3, -0.25) is 4.79 Å².